The Bertz CT molecular complexity index is 419. The maximum Gasteiger partial charge on any atom is 0.327 e. The number of hydrogen-bond acceptors (Lipinski definition) is 5. The van der Waals surface area contributed by atoms with Gasteiger partial charge in [0, 0.05) is 26.0 Å². The van der Waals surface area contributed by atoms with E-state index >= 15 is 0 Å². The van der Waals surface area contributed by atoms with Crippen LogP contribution < -0.4 is 5.32 Å². The molecule has 1 atom stereocenters. The zero-order valence-corrected chi connectivity index (χ0v) is 12.4. The molecule has 6 heteroatoms. The number of imidazole rings is 1. The molecule has 0 radical (unpaired) electrons. The lowest BCUT2D eigenvalue weighted by molar-refractivity contribution is -0.151. The van der Waals surface area contributed by atoms with E-state index < -0.39 is 5.54 Å². The Morgan fingerprint density at radius 2 is 2.32 bits per heavy atom. The maximum atomic E-state index is 12.0. The smallest absolute Gasteiger partial charge is 0.327 e. The molecule has 1 heterocycles. The van der Waals surface area contributed by atoms with Gasteiger partial charge in [0.05, 0.1) is 13.2 Å². The first-order valence-corrected chi connectivity index (χ1v) is 6.43. The molecule has 6 nitrogen and oxygen atoms in total. The lowest BCUT2D eigenvalue weighted by Gasteiger charge is -2.31. The van der Waals surface area contributed by atoms with Crippen LogP contribution in [0.2, 0.25) is 0 Å². The Morgan fingerprint density at radius 1 is 1.63 bits per heavy atom. The summed E-state index contributed by atoms with van der Waals surface area (Å²) in [5, 5.41) is 3.04. The average Bonchev–Trinajstić information content (AvgIpc) is 2.75. The van der Waals surface area contributed by atoms with Crippen molar-refractivity contribution in [2.24, 2.45) is 7.05 Å². The van der Waals surface area contributed by atoms with Crippen LogP contribution in [0.3, 0.4) is 0 Å². The number of aromatic nitrogens is 2. The van der Waals surface area contributed by atoms with Gasteiger partial charge in [0.25, 0.3) is 0 Å². The van der Waals surface area contributed by atoms with Crippen molar-refractivity contribution in [3.63, 3.8) is 0 Å². The molecule has 1 aromatic heterocycles. The molecule has 0 bridgehead atoms. The number of nitrogens with one attached hydrogen (secondary N) is 1. The lowest BCUT2D eigenvalue weighted by atomic mass is 10.0. The van der Waals surface area contributed by atoms with Crippen LogP contribution in [0.1, 0.15) is 19.7 Å². The minimum absolute atomic E-state index is 0.232. The van der Waals surface area contributed by atoms with Gasteiger partial charge in [0.1, 0.15) is 11.4 Å². The summed E-state index contributed by atoms with van der Waals surface area (Å²) >= 11 is 0. The van der Waals surface area contributed by atoms with Crippen molar-refractivity contribution in [1.29, 1.82) is 0 Å². The second kappa shape index (κ2) is 6.68. The fraction of sp³-hybridized carbons (Fsp3) is 0.692. The van der Waals surface area contributed by atoms with Crippen molar-refractivity contribution < 1.29 is 9.53 Å². The Balaban J connectivity index is 2.65. The summed E-state index contributed by atoms with van der Waals surface area (Å²) in [6.45, 7) is 5.28. The molecule has 1 aromatic rings. The molecule has 0 saturated heterocycles. The molecule has 0 amide bonds. The number of nitrogens with zero attached hydrogens (tertiary/aromatic N) is 3. The number of likely N-dealkylation sites (N-methyl/N-ethyl adjacent to an activating group) is 2. The van der Waals surface area contributed by atoms with Crippen LogP contribution in [-0.4, -0.2) is 53.2 Å². The summed E-state index contributed by atoms with van der Waals surface area (Å²) in [4.78, 5) is 18.3. The summed E-state index contributed by atoms with van der Waals surface area (Å²) in [5.74, 6) is 0.731. The molecule has 0 aliphatic carbocycles. The highest BCUT2D eigenvalue weighted by atomic mass is 16.5. The number of ether oxygens (including phenoxy) is 1. The van der Waals surface area contributed by atoms with E-state index in [4.69, 9.17) is 4.74 Å². The number of rotatable bonds is 7. The summed E-state index contributed by atoms with van der Waals surface area (Å²) < 4.78 is 7.08. The molecular formula is C13H24N4O2. The third-order valence-corrected chi connectivity index (χ3v) is 3.20. The third-order valence-electron chi connectivity index (χ3n) is 3.20. The Morgan fingerprint density at radius 3 is 2.79 bits per heavy atom. The van der Waals surface area contributed by atoms with Crippen LogP contribution in [-0.2, 0) is 23.1 Å². The highest BCUT2D eigenvalue weighted by Gasteiger charge is 2.34. The molecule has 1 N–H and O–H groups in total. The van der Waals surface area contributed by atoms with Gasteiger partial charge < -0.3 is 14.6 Å². The van der Waals surface area contributed by atoms with Crippen LogP contribution in [0.4, 0.5) is 0 Å². The largest absolute Gasteiger partial charge is 0.465 e. The van der Waals surface area contributed by atoms with Crippen molar-refractivity contribution in [3.8, 4) is 0 Å². The van der Waals surface area contributed by atoms with Crippen LogP contribution in [0.15, 0.2) is 12.4 Å². The zero-order valence-electron chi connectivity index (χ0n) is 12.4. The predicted molar refractivity (Wildman–Crippen MR) is 73.6 cm³/mol. The van der Waals surface area contributed by atoms with Crippen LogP contribution >= 0.6 is 0 Å². The minimum atomic E-state index is -0.712. The molecule has 19 heavy (non-hydrogen) atoms. The minimum Gasteiger partial charge on any atom is -0.465 e. The Kier molecular flexibility index (Phi) is 5.50. The molecule has 0 spiro atoms. The quantitative estimate of drug-likeness (QED) is 0.725. The fourth-order valence-electron chi connectivity index (χ4n) is 1.92. The molecule has 1 rings (SSSR count). The Labute approximate surface area is 114 Å². The van der Waals surface area contributed by atoms with Gasteiger partial charge in [-0.3, -0.25) is 9.69 Å². The van der Waals surface area contributed by atoms with Crippen molar-refractivity contribution in [2.45, 2.75) is 25.9 Å². The average molecular weight is 268 g/mol. The summed E-state index contributed by atoms with van der Waals surface area (Å²) in [7, 11) is 5.69. The number of carbonyl (C=O) groups excluding carboxylic acids is 1. The van der Waals surface area contributed by atoms with E-state index in [0.717, 1.165) is 5.82 Å². The molecule has 0 aromatic carbocycles. The van der Waals surface area contributed by atoms with E-state index in [-0.39, 0.29) is 5.97 Å². The van der Waals surface area contributed by atoms with Gasteiger partial charge in [-0.1, -0.05) is 0 Å². The van der Waals surface area contributed by atoms with E-state index in [1.165, 1.54) is 0 Å². The first-order chi connectivity index (χ1) is 8.92. The summed E-state index contributed by atoms with van der Waals surface area (Å²) in [6, 6.07) is 0. The third kappa shape index (κ3) is 4.04. The van der Waals surface area contributed by atoms with E-state index in [1.807, 2.05) is 38.7 Å². The van der Waals surface area contributed by atoms with Gasteiger partial charge >= 0.3 is 5.97 Å². The molecule has 0 fully saturated rings. The van der Waals surface area contributed by atoms with Crippen molar-refractivity contribution in [1.82, 2.24) is 19.8 Å². The summed E-state index contributed by atoms with van der Waals surface area (Å²) in [6.07, 6.45) is 3.68. The van der Waals surface area contributed by atoms with Crippen LogP contribution in [0, 0.1) is 0 Å². The normalized spacial score (nSPS) is 14.4. The van der Waals surface area contributed by atoms with Gasteiger partial charge in [-0.05, 0) is 27.9 Å². The van der Waals surface area contributed by atoms with Gasteiger partial charge in [-0.25, -0.2) is 4.98 Å². The Hall–Kier alpha value is -1.40. The second-order valence-corrected chi connectivity index (χ2v) is 4.93. The number of carbonyl (C=O) groups is 1. The van der Waals surface area contributed by atoms with Gasteiger partial charge in [0.2, 0.25) is 0 Å². The van der Waals surface area contributed by atoms with Crippen LogP contribution in [0.5, 0.6) is 0 Å². The monoisotopic (exact) mass is 268 g/mol. The molecule has 0 aliphatic rings. The standard InChI is InChI=1S/C13H24N4O2/c1-6-19-12(18)13(2,14-3)10-16(4)9-11-15-7-8-17(11)5/h7-8,14H,6,9-10H2,1-5H3. The molecule has 0 saturated carbocycles. The molecule has 1 unspecified atom stereocenters. The first-order valence-electron chi connectivity index (χ1n) is 6.43. The number of aryl methyl sites for hydroxylation is 1. The topological polar surface area (TPSA) is 59.4 Å². The van der Waals surface area contributed by atoms with E-state index in [1.54, 1.807) is 13.2 Å². The highest BCUT2D eigenvalue weighted by Crippen LogP contribution is 2.10. The van der Waals surface area contributed by atoms with E-state index in [9.17, 15) is 4.79 Å². The molecular weight excluding hydrogens is 244 g/mol. The zero-order chi connectivity index (χ0) is 14.5. The van der Waals surface area contributed by atoms with Gasteiger partial charge in [-0.2, -0.15) is 0 Å². The fourth-order valence-corrected chi connectivity index (χ4v) is 1.92. The van der Waals surface area contributed by atoms with Gasteiger partial charge in [-0.15, -0.1) is 0 Å². The van der Waals surface area contributed by atoms with Crippen molar-refractivity contribution >= 4 is 5.97 Å². The highest BCUT2D eigenvalue weighted by molar-refractivity contribution is 5.80. The van der Waals surface area contributed by atoms with E-state index in [2.05, 4.69) is 15.2 Å². The SMILES string of the molecule is CCOC(=O)C(C)(CN(C)Cc1nccn1C)NC. The first kappa shape index (κ1) is 15.7. The molecule has 108 valence electrons. The number of hydrogen-bond donors (Lipinski definition) is 1. The summed E-state index contributed by atoms with van der Waals surface area (Å²) in [5.41, 5.74) is -0.712. The second-order valence-electron chi connectivity index (χ2n) is 4.93. The van der Waals surface area contributed by atoms with Crippen LogP contribution in [0.25, 0.3) is 0 Å². The predicted octanol–water partition coefficient (Wildman–Crippen LogP) is 0.393. The van der Waals surface area contributed by atoms with Crippen molar-refractivity contribution in [2.75, 3.05) is 27.2 Å². The van der Waals surface area contributed by atoms with Crippen molar-refractivity contribution in [3.05, 3.63) is 18.2 Å². The van der Waals surface area contributed by atoms with Gasteiger partial charge in [0.15, 0.2) is 0 Å². The van der Waals surface area contributed by atoms with E-state index in [0.29, 0.717) is 19.7 Å². The maximum absolute atomic E-state index is 12.0. The lowest BCUT2D eigenvalue weighted by Crippen LogP contribution is -2.55. The molecule has 0 aliphatic heterocycles. The number of esters is 1.